The summed E-state index contributed by atoms with van der Waals surface area (Å²) in [6.07, 6.45) is 2.28. The van der Waals surface area contributed by atoms with Gasteiger partial charge < -0.3 is 10.6 Å². The lowest BCUT2D eigenvalue weighted by molar-refractivity contribution is 0.102. The highest BCUT2D eigenvalue weighted by Gasteiger charge is 2.11. The maximum atomic E-state index is 13.2. The number of aromatic nitrogens is 2. The molecule has 0 saturated carbocycles. The lowest BCUT2D eigenvalue weighted by Gasteiger charge is -2.10. The first-order valence-corrected chi connectivity index (χ1v) is 8.01. The van der Waals surface area contributed by atoms with Gasteiger partial charge in [0, 0.05) is 23.6 Å². The quantitative estimate of drug-likeness (QED) is 0.716. The van der Waals surface area contributed by atoms with Crippen LogP contribution in [0.4, 0.5) is 26.1 Å². The van der Waals surface area contributed by atoms with Gasteiger partial charge in [0.15, 0.2) is 11.6 Å². The molecule has 1 aromatic heterocycles. The molecule has 0 spiro atoms. The predicted molar refractivity (Wildman–Crippen MR) is 95.4 cm³/mol. The Balaban J connectivity index is 1.78. The minimum Gasteiger partial charge on any atom is -0.324 e. The number of hydrogen-bond acceptors (Lipinski definition) is 4. The number of rotatable bonds is 5. The number of carbonyl (C=O) groups excluding carboxylic acids is 1. The van der Waals surface area contributed by atoms with Crippen LogP contribution in [-0.4, -0.2) is 15.9 Å². The Bertz CT molecular complexity index is 946. The van der Waals surface area contributed by atoms with E-state index in [1.165, 1.54) is 18.3 Å². The highest BCUT2D eigenvalue weighted by atomic mass is 19.2. The number of carbonyl (C=O) groups is 1. The van der Waals surface area contributed by atoms with Crippen LogP contribution in [-0.2, 0) is 6.42 Å². The van der Waals surface area contributed by atoms with Gasteiger partial charge in [0.2, 0.25) is 5.95 Å². The molecule has 5 nitrogen and oxygen atoms in total. The summed E-state index contributed by atoms with van der Waals surface area (Å²) in [6, 6.07) is 12.3. The summed E-state index contributed by atoms with van der Waals surface area (Å²) in [5, 5.41) is 5.56. The first-order valence-electron chi connectivity index (χ1n) is 8.01. The monoisotopic (exact) mass is 354 g/mol. The van der Waals surface area contributed by atoms with Crippen molar-refractivity contribution in [3.05, 3.63) is 77.6 Å². The molecule has 0 aliphatic carbocycles. The molecule has 0 saturated heterocycles. The van der Waals surface area contributed by atoms with E-state index in [0.29, 0.717) is 0 Å². The normalized spacial score (nSPS) is 10.4. The fraction of sp³-hybridized carbons (Fsp3) is 0.105. The van der Waals surface area contributed by atoms with E-state index in [2.05, 4.69) is 20.6 Å². The molecule has 7 heteroatoms. The highest BCUT2D eigenvalue weighted by Crippen LogP contribution is 2.19. The first-order chi connectivity index (χ1) is 12.6. The van der Waals surface area contributed by atoms with Gasteiger partial charge >= 0.3 is 0 Å². The number of nitrogens with one attached hydrogen (secondary N) is 2. The van der Waals surface area contributed by atoms with Crippen molar-refractivity contribution in [2.45, 2.75) is 13.3 Å². The van der Waals surface area contributed by atoms with E-state index in [-0.39, 0.29) is 17.3 Å². The predicted octanol–water partition coefficient (Wildman–Crippen LogP) is 4.31. The summed E-state index contributed by atoms with van der Waals surface area (Å²) in [5.41, 5.74) is 2.18. The van der Waals surface area contributed by atoms with Crippen LogP contribution < -0.4 is 10.6 Å². The molecule has 132 valence electrons. The van der Waals surface area contributed by atoms with Gasteiger partial charge in [-0.05, 0) is 36.2 Å². The zero-order chi connectivity index (χ0) is 18.5. The minimum atomic E-state index is -1.04. The number of amides is 1. The lowest BCUT2D eigenvalue weighted by atomic mass is 10.1. The van der Waals surface area contributed by atoms with Crippen molar-refractivity contribution in [3.8, 4) is 0 Å². The Kier molecular flexibility index (Phi) is 5.17. The molecule has 2 N–H and O–H groups in total. The van der Waals surface area contributed by atoms with Crippen LogP contribution in [0.3, 0.4) is 0 Å². The number of hydrogen-bond donors (Lipinski definition) is 2. The Morgan fingerprint density at radius 3 is 2.65 bits per heavy atom. The SMILES string of the molecule is CCc1ccccc1Nc1nccc(C(=O)Nc2ccc(F)c(F)c2)n1. The first kappa shape index (κ1) is 17.5. The maximum Gasteiger partial charge on any atom is 0.274 e. The molecular weight excluding hydrogens is 338 g/mol. The van der Waals surface area contributed by atoms with Gasteiger partial charge in [0.1, 0.15) is 5.69 Å². The van der Waals surface area contributed by atoms with Crippen LogP contribution in [0.5, 0.6) is 0 Å². The molecule has 0 radical (unpaired) electrons. The largest absolute Gasteiger partial charge is 0.324 e. The van der Waals surface area contributed by atoms with Crippen LogP contribution in [0, 0.1) is 11.6 Å². The van der Waals surface area contributed by atoms with Crippen molar-refractivity contribution < 1.29 is 13.6 Å². The summed E-state index contributed by atoms with van der Waals surface area (Å²) in [7, 11) is 0. The number of para-hydroxylation sites is 1. The van der Waals surface area contributed by atoms with Crippen molar-refractivity contribution in [2.24, 2.45) is 0 Å². The van der Waals surface area contributed by atoms with E-state index in [9.17, 15) is 13.6 Å². The lowest BCUT2D eigenvalue weighted by Crippen LogP contribution is -2.15. The molecule has 2 aromatic carbocycles. The second-order valence-corrected chi connectivity index (χ2v) is 5.48. The maximum absolute atomic E-state index is 13.2. The molecule has 0 aliphatic heterocycles. The van der Waals surface area contributed by atoms with E-state index in [4.69, 9.17) is 0 Å². The zero-order valence-electron chi connectivity index (χ0n) is 14.0. The fourth-order valence-corrected chi connectivity index (χ4v) is 2.39. The molecule has 1 heterocycles. The van der Waals surface area contributed by atoms with Crippen LogP contribution in [0.2, 0.25) is 0 Å². The van der Waals surface area contributed by atoms with E-state index in [0.717, 1.165) is 29.8 Å². The van der Waals surface area contributed by atoms with Crippen molar-refractivity contribution in [1.82, 2.24) is 9.97 Å². The standard InChI is InChI=1S/C19H16F2N4O/c1-2-12-5-3-4-6-16(12)24-19-22-10-9-17(25-19)18(26)23-13-7-8-14(20)15(21)11-13/h3-11H,2H2,1H3,(H,23,26)(H,22,24,25). The third kappa shape index (κ3) is 4.00. The third-order valence-electron chi connectivity index (χ3n) is 3.71. The van der Waals surface area contributed by atoms with Crippen molar-refractivity contribution >= 4 is 23.2 Å². The molecule has 1 amide bonds. The molecule has 0 fully saturated rings. The molecule has 3 rings (SSSR count). The average Bonchev–Trinajstić information content (AvgIpc) is 2.65. The van der Waals surface area contributed by atoms with Crippen LogP contribution in [0.25, 0.3) is 0 Å². The fourth-order valence-electron chi connectivity index (χ4n) is 2.39. The van der Waals surface area contributed by atoms with Crippen molar-refractivity contribution in [3.63, 3.8) is 0 Å². The molecule has 26 heavy (non-hydrogen) atoms. The van der Waals surface area contributed by atoms with Gasteiger partial charge in [-0.3, -0.25) is 4.79 Å². The van der Waals surface area contributed by atoms with Gasteiger partial charge in [0.05, 0.1) is 0 Å². The van der Waals surface area contributed by atoms with Crippen LogP contribution >= 0.6 is 0 Å². The number of anilines is 3. The Hall–Kier alpha value is -3.35. The Labute approximate surface area is 149 Å². The average molecular weight is 354 g/mol. The highest BCUT2D eigenvalue weighted by molar-refractivity contribution is 6.03. The second-order valence-electron chi connectivity index (χ2n) is 5.48. The summed E-state index contributed by atoms with van der Waals surface area (Å²) in [5.74, 6) is -2.30. The van der Waals surface area contributed by atoms with E-state index in [1.54, 1.807) is 0 Å². The van der Waals surface area contributed by atoms with Crippen molar-refractivity contribution in [1.29, 1.82) is 0 Å². The van der Waals surface area contributed by atoms with Gasteiger partial charge in [-0.1, -0.05) is 25.1 Å². The second kappa shape index (κ2) is 7.69. The Morgan fingerprint density at radius 2 is 1.88 bits per heavy atom. The van der Waals surface area contributed by atoms with Crippen molar-refractivity contribution in [2.75, 3.05) is 10.6 Å². The molecule has 3 aromatic rings. The van der Waals surface area contributed by atoms with E-state index >= 15 is 0 Å². The summed E-state index contributed by atoms with van der Waals surface area (Å²) in [4.78, 5) is 20.6. The Morgan fingerprint density at radius 1 is 1.08 bits per heavy atom. The van der Waals surface area contributed by atoms with E-state index in [1.807, 2.05) is 31.2 Å². The summed E-state index contributed by atoms with van der Waals surface area (Å²) in [6.45, 7) is 2.03. The molecule has 0 atom stereocenters. The van der Waals surface area contributed by atoms with Gasteiger partial charge in [-0.15, -0.1) is 0 Å². The number of benzene rings is 2. The number of halogens is 2. The van der Waals surface area contributed by atoms with Gasteiger partial charge in [-0.2, -0.15) is 0 Å². The topological polar surface area (TPSA) is 66.9 Å². The summed E-state index contributed by atoms with van der Waals surface area (Å²) >= 11 is 0. The molecular formula is C19H16F2N4O. The number of aryl methyl sites for hydroxylation is 1. The molecule has 0 unspecified atom stereocenters. The third-order valence-corrected chi connectivity index (χ3v) is 3.71. The zero-order valence-corrected chi connectivity index (χ0v) is 14.0. The van der Waals surface area contributed by atoms with Crippen LogP contribution in [0.15, 0.2) is 54.7 Å². The minimum absolute atomic E-state index is 0.0983. The molecule has 0 aliphatic rings. The van der Waals surface area contributed by atoms with Gasteiger partial charge in [-0.25, -0.2) is 18.7 Å². The van der Waals surface area contributed by atoms with Gasteiger partial charge in [0.25, 0.3) is 5.91 Å². The smallest absolute Gasteiger partial charge is 0.274 e. The molecule has 0 bridgehead atoms. The number of nitrogens with zero attached hydrogens (tertiary/aromatic N) is 2. The van der Waals surface area contributed by atoms with Crippen LogP contribution in [0.1, 0.15) is 23.0 Å². The van der Waals surface area contributed by atoms with E-state index < -0.39 is 17.5 Å². The summed E-state index contributed by atoms with van der Waals surface area (Å²) < 4.78 is 26.2.